The van der Waals surface area contributed by atoms with E-state index < -0.39 is 8.07 Å². The highest BCUT2D eigenvalue weighted by atomic mass is 28.3. The van der Waals surface area contributed by atoms with Crippen molar-refractivity contribution in [3.8, 4) is 11.3 Å². The molecule has 4 nitrogen and oxygen atoms in total. The van der Waals surface area contributed by atoms with Gasteiger partial charge in [-0.3, -0.25) is 4.79 Å². The summed E-state index contributed by atoms with van der Waals surface area (Å²) in [4.78, 5) is 16.4. The number of hydrogen-bond acceptors (Lipinski definition) is 3. The maximum atomic E-state index is 12.1. The number of rotatable bonds is 4. The van der Waals surface area contributed by atoms with E-state index in [1.807, 2.05) is 6.07 Å². The molecule has 2 rings (SSSR count). The predicted octanol–water partition coefficient (Wildman–Crippen LogP) is 2.30. The number of aromatic nitrogens is 2. The molecular weight excluding hydrogens is 256 g/mol. The van der Waals surface area contributed by atoms with E-state index in [2.05, 4.69) is 25.8 Å². The fourth-order valence-electron chi connectivity index (χ4n) is 2.73. The SMILES string of the molecule is CC[Si](CC)(CC)c1cc2n(O)cccc-2c(=O)n1. The Kier molecular flexibility index (Phi) is 3.75. The van der Waals surface area contributed by atoms with Gasteiger partial charge in [-0.2, -0.15) is 4.73 Å². The van der Waals surface area contributed by atoms with E-state index in [0.29, 0.717) is 11.3 Å². The minimum absolute atomic E-state index is 0.233. The van der Waals surface area contributed by atoms with Crippen LogP contribution in [0.3, 0.4) is 0 Å². The lowest BCUT2D eigenvalue weighted by Gasteiger charge is -2.27. The Morgan fingerprint density at radius 2 is 1.89 bits per heavy atom. The molecule has 0 unspecified atom stereocenters. The second kappa shape index (κ2) is 5.17. The first-order valence-electron chi connectivity index (χ1n) is 6.80. The summed E-state index contributed by atoms with van der Waals surface area (Å²) in [6, 6.07) is 8.45. The molecule has 0 aromatic heterocycles. The maximum absolute atomic E-state index is 12.1. The van der Waals surface area contributed by atoms with Gasteiger partial charge in [0.05, 0.1) is 11.3 Å². The molecule has 5 heteroatoms. The van der Waals surface area contributed by atoms with Crippen LogP contribution in [0.5, 0.6) is 0 Å². The summed E-state index contributed by atoms with van der Waals surface area (Å²) in [5.74, 6) is 0. The first-order chi connectivity index (χ1) is 9.07. The first kappa shape index (κ1) is 13.8. The summed E-state index contributed by atoms with van der Waals surface area (Å²) in [5.41, 5.74) is 0.799. The lowest BCUT2D eigenvalue weighted by atomic mass is 10.2. The van der Waals surface area contributed by atoms with Gasteiger partial charge in [-0.15, -0.1) is 0 Å². The monoisotopic (exact) mass is 276 g/mol. The second-order valence-electron chi connectivity index (χ2n) is 4.94. The van der Waals surface area contributed by atoms with Crippen molar-refractivity contribution in [2.45, 2.75) is 38.9 Å². The molecule has 0 atom stereocenters. The maximum Gasteiger partial charge on any atom is 0.279 e. The highest BCUT2D eigenvalue weighted by Gasteiger charge is 2.32. The number of fused-ring (bicyclic) bond motifs is 1. The summed E-state index contributed by atoms with van der Waals surface area (Å²) in [6.45, 7) is 6.52. The molecule has 1 N–H and O–H groups in total. The van der Waals surface area contributed by atoms with Crippen LogP contribution < -0.4 is 10.9 Å². The van der Waals surface area contributed by atoms with Crippen molar-refractivity contribution in [3.63, 3.8) is 0 Å². The van der Waals surface area contributed by atoms with Gasteiger partial charge in [0.15, 0.2) is 0 Å². The summed E-state index contributed by atoms with van der Waals surface area (Å²) in [5, 5.41) is 10.8. The summed E-state index contributed by atoms with van der Waals surface area (Å²) >= 11 is 0. The van der Waals surface area contributed by atoms with Gasteiger partial charge in [0, 0.05) is 11.5 Å². The van der Waals surface area contributed by atoms with Crippen LogP contribution in [0.25, 0.3) is 11.3 Å². The standard InChI is InChI=1S/C14H20N2O2Si/c1-4-19(5-2,6-3)13-10-12-11(14(17)15-13)8-7-9-16(12)18/h7-10,18H,4-6H2,1-3H3. The Morgan fingerprint density at radius 3 is 2.47 bits per heavy atom. The van der Waals surface area contributed by atoms with Gasteiger partial charge in [-0.05, 0) is 18.2 Å². The van der Waals surface area contributed by atoms with Gasteiger partial charge in [-0.1, -0.05) is 38.9 Å². The van der Waals surface area contributed by atoms with Gasteiger partial charge in [0.25, 0.3) is 5.56 Å². The van der Waals surface area contributed by atoms with Crippen LogP contribution in [0.15, 0.2) is 29.2 Å². The number of nitrogens with zero attached hydrogens (tertiary/aromatic N) is 2. The van der Waals surface area contributed by atoms with Crippen LogP contribution in [-0.2, 0) is 0 Å². The fourth-order valence-corrected chi connectivity index (χ4v) is 6.10. The topological polar surface area (TPSA) is 55.1 Å². The molecule has 0 fully saturated rings. The highest BCUT2D eigenvalue weighted by Crippen LogP contribution is 2.22. The molecule has 2 heterocycles. The Balaban J connectivity index is 2.73. The third-order valence-electron chi connectivity index (χ3n) is 4.31. The molecule has 0 spiro atoms. The van der Waals surface area contributed by atoms with Crippen LogP contribution in [-0.4, -0.2) is 23.0 Å². The van der Waals surface area contributed by atoms with E-state index >= 15 is 0 Å². The van der Waals surface area contributed by atoms with Crippen LogP contribution in [0.4, 0.5) is 0 Å². The van der Waals surface area contributed by atoms with Gasteiger partial charge in [0.1, 0.15) is 8.07 Å². The molecule has 0 radical (unpaired) electrons. The van der Waals surface area contributed by atoms with Gasteiger partial charge < -0.3 is 5.21 Å². The molecule has 0 aromatic carbocycles. The molecule has 0 aliphatic carbocycles. The van der Waals surface area contributed by atoms with E-state index in [0.717, 1.165) is 28.2 Å². The van der Waals surface area contributed by atoms with Crippen LogP contribution >= 0.6 is 0 Å². The average molecular weight is 276 g/mol. The smallest absolute Gasteiger partial charge is 0.279 e. The molecule has 19 heavy (non-hydrogen) atoms. The molecular formula is C14H20N2O2Si. The largest absolute Gasteiger partial charge is 0.428 e. The van der Waals surface area contributed by atoms with Crippen molar-refractivity contribution in [3.05, 3.63) is 34.7 Å². The van der Waals surface area contributed by atoms with Crippen molar-refractivity contribution < 1.29 is 5.21 Å². The van der Waals surface area contributed by atoms with Crippen LogP contribution in [0.2, 0.25) is 18.1 Å². The second-order valence-corrected chi connectivity index (χ2v) is 10.1. The van der Waals surface area contributed by atoms with E-state index in [9.17, 15) is 10.0 Å². The van der Waals surface area contributed by atoms with E-state index in [1.54, 1.807) is 18.3 Å². The molecule has 0 saturated carbocycles. The van der Waals surface area contributed by atoms with Gasteiger partial charge >= 0.3 is 0 Å². The zero-order valence-electron chi connectivity index (χ0n) is 11.7. The minimum atomic E-state index is -1.70. The Morgan fingerprint density at radius 1 is 1.26 bits per heavy atom. The van der Waals surface area contributed by atoms with Crippen LogP contribution in [0.1, 0.15) is 20.8 Å². The Labute approximate surface area is 114 Å². The lowest BCUT2D eigenvalue weighted by molar-refractivity contribution is 0.189. The number of pyridine rings is 2. The summed E-state index contributed by atoms with van der Waals surface area (Å²) in [7, 11) is -1.70. The lowest BCUT2D eigenvalue weighted by Crippen LogP contribution is -2.50. The molecule has 0 bridgehead atoms. The van der Waals surface area contributed by atoms with Crippen molar-refractivity contribution in [1.29, 1.82) is 0 Å². The quantitative estimate of drug-likeness (QED) is 0.688. The Bertz CT molecular complexity index is 597. The number of hydrogen-bond donors (Lipinski definition) is 1. The average Bonchev–Trinajstić information content (AvgIpc) is 2.43. The van der Waals surface area contributed by atoms with Gasteiger partial charge in [0.2, 0.25) is 0 Å². The van der Waals surface area contributed by atoms with Gasteiger partial charge in [-0.25, -0.2) is 4.98 Å². The van der Waals surface area contributed by atoms with Crippen LogP contribution in [0, 0.1) is 0 Å². The molecule has 2 aliphatic heterocycles. The van der Waals surface area contributed by atoms with Crippen molar-refractivity contribution in [1.82, 2.24) is 9.71 Å². The van der Waals surface area contributed by atoms with Crippen molar-refractivity contribution in [2.75, 3.05) is 0 Å². The van der Waals surface area contributed by atoms with E-state index in [1.165, 1.54) is 0 Å². The molecule has 0 saturated heterocycles. The first-order valence-corrected chi connectivity index (χ1v) is 9.42. The molecule has 0 aromatic rings. The third kappa shape index (κ3) is 2.18. The summed E-state index contributed by atoms with van der Waals surface area (Å²) < 4.78 is 1.02. The fraction of sp³-hybridized carbons (Fsp3) is 0.429. The van der Waals surface area contributed by atoms with Crippen molar-refractivity contribution in [2.24, 2.45) is 0 Å². The van der Waals surface area contributed by atoms with E-state index in [-0.39, 0.29) is 5.56 Å². The van der Waals surface area contributed by atoms with Crippen molar-refractivity contribution >= 4 is 13.4 Å². The minimum Gasteiger partial charge on any atom is -0.428 e. The zero-order valence-corrected chi connectivity index (χ0v) is 12.7. The molecule has 0 amide bonds. The summed E-state index contributed by atoms with van der Waals surface area (Å²) in [6.07, 6.45) is 1.54. The Hall–Kier alpha value is -1.62. The molecule has 2 aliphatic rings. The zero-order chi connectivity index (χ0) is 14.0. The van der Waals surface area contributed by atoms with E-state index in [4.69, 9.17) is 0 Å². The predicted molar refractivity (Wildman–Crippen MR) is 79.1 cm³/mol. The molecule has 102 valence electrons. The normalized spacial score (nSPS) is 11.9. The highest BCUT2D eigenvalue weighted by molar-refractivity contribution is 6.91. The third-order valence-corrected chi connectivity index (χ3v) is 9.72.